The van der Waals surface area contributed by atoms with Gasteiger partial charge in [0.25, 0.3) is 0 Å². The van der Waals surface area contributed by atoms with Gasteiger partial charge in [-0.05, 0) is 83.7 Å². The quantitative estimate of drug-likeness (QED) is 0.163. The summed E-state index contributed by atoms with van der Waals surface area (Å²) >= 11 is 0. The molecular formula is C41H37IrN3O-2. The van der Waals surface area contributed by atoms with Gasteiger partial charge in [-0.25, -0.2) is 4.98 Å². The van der Waals surface area contributed by atoms with Crippen molar-refractivity contribution in [2.75, 3.05) is 0 Å². The first-order valence-electron chi connectivity index (χ1n) is 19.4. The summed E-state index contributed by atoms with van der Waals surface area (Å²) < 4.78 is 85.4. The zero-order valence-electron chi connectivity index (χ0n) is 35.5. The number of nitrogens with zero attached hydrogens (tertiary/aromatic N) is 3. The van der Waals surface area contributed by atoms with Crippen LogP contribution in [0.15, 0.2) is 114 Å². The molecule has 7 aromatic rings. The Hall–Kier alpha value is -4.44. The van der Waals surface area contributed by atoms with E-state index < -0.39 is 31.9 Å². The number of furan rings is 1. The van der Waals surface area contributed by atoms with Gasteiger partial charge in [0.15, 0.2) is 0 Å². The predicted molar refractivity (Wildman–Crippen MR) is 184 cm³/mol. The van der Waals surface area contributed by atoms with Crippen molar-refractivity contribution in [3.05, 3.63) is 150 Å². The van der Waals surface area contributed by atoms with Crippen LogP contribution in [-0.2, 0) is 32.9 Å². The molecule has 4 aromatic heterocycles. The molecule has 3 aromatic carbocycles. The Labute approximate surface area is 299 Å². The fraction of sp³-hybridized carbons (Fsp3) is 0.195. The Bertz CT molecular complexity index is 2440. The largest absolute Gasteiger partial charge is 0.486 e. The van der Waals surface area contributed by atoms with Gasteiger partial charge >= 0.3 is 0 Å². The normalized spacial score (nSPS) is 15.5. The molecule has 0 aliphatic rings. The first-order chi connectivity index (χ1) is 25.7. The minimum absolute atomic E-state index is 0. The number of aromatic nitrogens is 3. The molecule has 0 spiro atoms. The first kappa shape index (κ1) is 22.1. The number of fused-ring (bicyclic) bond motifs is 3. The second-order valence-corrected chi connectivity index (χ2v) is 11.5. The first-order valence-corrected chi connectivity index (χ1v) is 14.4. The van der Waals surface area contributed by atoms with Crippen molar-refractivity contribution in [2.45, 2.75) is 47.2 Å². The van der Waals surface area contributed by atoms with Crippen LogP contribution in [0, 0.1) is 31.3 Å². The Morgan fingerprint density at radius 1 is 0.783 bits per heavy atom. The molecule has 0 aliphatic heterocycles. The van der Waals surface area contributed by atoms with E-state index in [1.165, 1.54) is 18.5 Å². The molecule has 4 nitrogen and oxygen atoms in total. The van der Waals surface area contributed by atoms with E-state index in [4.69, 9.17) is 18.1 Å². The Kier molecular flexibility index (Phi) is 6.90. The average Bonchev–Trinajstić information content (AvgIpc) is 3.53. The van der Waals surface area contributed by atoms with Crippen LogP contribution in [0.3, 0.4) is 0 Å². The van der Waals surface area contributed by atoms with Crippen LogP contribution in [-0.4, -0.2) is 15.0 Å². The second-order valence-electron chi connectivity index (χ2n) is 11.5. The summed E-state index contributed by atoms with van der Waals surface area (Å²) in [6.45, 7) is 1.05. The van der Waals surface area contributed by atoms with Crippen LogP contribution in [0.2, 0.25) is 0 Å². The van der Waals surface area contributed by atoms with Gasteiger partial charge < -0.3 is 14.4 Å². The molecule has 0 N–H and O–H groups in total. The number of benzene rings is 3. The van der Waals surface area contributed by atoms with Crippen molar-refractivity contribution in [3.63, 3.8) is 0 Å². The third kappa shape index (κ3) is 8.03. The molecule has 7 rings (SSSR count). The molecule has 5 heteroatoms. The molecule has 0 unspecified atom stereocenters. The van der Waals surface area contributed by atoms with E-state index in [1.54, 1.807) is 66.7 Å². The average molecular weight is 790 g/mol. The van der Waals surface area contributed by atoms with Crippen LogP contribution in [0.25, 0.3) is 44.6 Å². The number of rotatable bonds is 5. The topological polar surface area (TPSA) is 51.8 Å². The Morgan fingerprint density at radius 2 is 1.63 bits per heavy atom. The minimum atomic E-state index is -2.36. The second kappa shape index (κ2) is 14.3. The van der Waals surface area contributed by atoms with Crippen LogP contribution in [0.5, 0.6) is 0 Å². The summed E-state index contributed by atoms with van der Waals surface area (Å²) in [5.74, 6) is 0. The van der Waals surface area contributed by atoms with Crippen LogP contribution in [0.4, 0.5) is 0 Å². The molecule has 0 fully saturated rings. The zero-order valence-corrected chi connectivity index (χ0v) is 27.9. The summed E-state index contributed by atoms with van der Waals surface area (Å²) in [7, 11) is 0. The molecular weight excluding hydrogens is 743 g/mol. The third-order valence-electron chi connectivity index (χ3n) is 6.76. The number of pyridine rings is 3. The molecule has 46 heavy (non-hydrogen) atoms. The van der Waals surface area contributed by atoms with Crippen molar-refractivity contribution in [3.8, 4) is 22.5 Å². The van der Waals surface area contributed by atoms with Gasteiger partial charge in [-0.15, -0.1) is 54.1 Å². The van der Waals surface area contributed by atoms with E-state index in [0.717, 1.165) is 16.6 Å². The molecule has 4 heterocycles. The zero-order chi connectivity index (χ0) is 40.0. The molecule has 1 radical (unpaired) electrons. The van der Waals surface area contributed by atoms with Crippen molar-refractivity contribution < 1.29 is 38.2 Å². The van der Waals surface area contributed by atoms with E-state index in [0.29, 0.717) is 38.9 Å². The predicted octanol–water partition coefficient (Wildman–Crippen LogP) is 10.2. The van der Waals surface area contributed by atoms with Gasteiger partial charge in [-0.2, -0.15) is 0 Å². The maximum Gasteiger partial charge on any atom is 0.216 e. The molecule has 233 valence electrons. The van der Waals surface area contributed by atoms with E-state index >= 15 is 0 Å². The monoisotopic (exact) mass is 790 g/mol. The standard InChI is InChI=1S/C29H27N2O.C12H10N.Ir/c1-19-8-13-24-23-6-5-7-25(27(23)32-28(24)31-19)26-17-22(14-15-30-26)16-20-9-11-21(12-10-20)18-29(2,3)4;1-10-7-8-12(13-9-10)11-5-3-2-4-6-11;/h5-6,8-15,17H,16,18H2,1-4H3;2-5,7-9H,1H3;/q2*-1;/i1D3,16D2,18D2;1D3;. The molecule has 0 bridgehead atoms. The van der Waals surface area contributed by atoms with E-state index in [-0.39, 0.29) is 37.1 Å². The summed E-state index contributed by atoms with van der Waals surface area (Å²) in [5.41, 5.74) is 3.99. The summed E-state index contributed by atoms with van der Waals surface area (Å²) in [6.07, 6.45) is -0.552. The van der Waals surface area contributed by atoms with E-state index in [1.807, 2.05) is 45.0 Å². The fourth-order valence-electron chi connectivity index (χ4n) is 4.80. The minimum Gasteiger partial charge on any atom is -0.486 e. The summed E-state index contributed by atoms with van der Waals surface area (Å²) in [4.78, 5) is 12.8. The molecule has 0 atom stereocenters. The van der Waals surface area contributed by atoms with Crippen LogP contribution < -0.4 is 0 Å². The maximum atomic E-state index is 8.90. The van der Waals surface area contributed by atoms with Gasteiger partial charge in [-0.1, -0.05) is 74.2 Å². The molecule has 0 aliphatic carbocycles. The summed E-state index contributed by atoms with van der Waals surface area (Å²) in [6, 6.07) is 33.4. The van der Waals surface area contributed by atoms with Crippen LogP contribution in [0.1, 0.15) is 62.4 Å². The third-order valence-corrected chi connectivity index (χ3v) is 6.76. The SMILES string of the molecule is [2H]C([2H])([2H])c1ccc(-c2[c-]cccc2)nc1.[2H]C([2H])([2H])c1ccc2c(n1)oc1c(-c3cc(C([2H])([2H])c4ccc(C([2H])([2H])C(C)(C)C)cc4)ccn3)[c-]ccc12.[Ir]. The van der Waals surface area contributed by atoms with Crippen molar-refractivity contribution in [2.24, 2.45) is 5.41 Å². The van der Waals surface area contributed by atoms with Crippen molar-refractivity contribution in [1.29, 1.82) is 0 Å². The van der Waals surface area contributed by atoms with Crippen molar-refractivity contribution >= 4 is 22.1 Å². The van der Waals surface area contributed by atoms with Gasteiger partial charge in [0.2, 0.25) is 5.71 Å². The Balaban J connectivity index is 0.000000295. The molecule has 0 amide bonds. The molecule has 0 saturated carbocycles. The Morgan fingerprint density at radius 3 is 2.35 bits per heavy atom. The van der Waals surface area contributed by atoms with Gasteiger partial charge in [0, 0.05) is 57.3 Å². The number of hydrogen-bond acceptors (Lipinski definition) is 4. The van der Waals surface area contributed by atoms with E-state index in [9.17, 15) is 0 Å². The van der Waals surface area contributed by atoms with Gasteiger partial charge in [0.05, 0.1) is 5.58 Å². The van der Waals surface area contributed by atoms with E-state index in [2.05, 4.69) is 27.1 Å². The van der Waals surface area contributed by atoms with Crippen molar-refractivity contribution in [1.82, 2.24) is 15.0 Å². The summed E-state index contributed by atoms with van der Waals surface area (Å²) in [5, 5.41) is 1.39. The van der Waals surface area contributed by atoms with Gasteiger partial charge in [0.1, 0.15) is 0 Å². The fourth-order valence-corrected chi connectivity index (χ4v) is 4.80. The molecule has 0 saturated heterocycles. The van der Waals surface area contributed by atoms with Gasteiger partial charge in [-0.3, -0.25) is 0 Å². The number of hydrogen-bond donors (Lipinski definition) is 0. The maximum absolute atomic E-state index is 8.90. The number of aryl methyl sites for hydroxylation is 2. The smallest absolute Gasteiger partial charge is 0.216 e. The van der Waals surface area contributed by atoms with Crippen LogP contribution >= 0.6 is 0 Å².